The molecule has 1 aromatic heterocycles. The van der Waals surface area contributed by atoms with Crippen LogP contribution in [0.25, 0.3) is 0 Å². The highest BCUT2D eigenvalue weighted by atomic mass is 19.1. The fraction of sp³-hybridized carbons (Fsp3) is 0.455. The number of anilines is 2. The van der Waals surface area contributed by atoms with Gasteiger partial charge in [0.25, 0.3) is 0 Å². The van der Waals surface area contributed by atoms with Crippen molar-refractivity contribution in [1.82, 2.24) is 20.1 Å². The van der Waals surface area contributed by atoms with Crippen LogP contribution in [-0.2, 0) is 6.54 Å². The minimum atomic E-state index is -0.220. The molecule has 30 heavy (non-hydrogen) atoms. The molecule has 7 nitrogen and oxygen atoms in total. The second-order valence-corrected chi connectivity index (χ2v) is 7.90. The van der Waals surface area contributed by atoms with E-state index in [2.05, 4.69) is 27.1 Å². The van der Waals surface area contributed by atoms with E-state index in [0.29, 0.717) is 38.4 Å². The Morgan fingerprint density at radius 3 is 2.33 bits per heavy atom. The summed E-state index contributed by atoms with van der Waals surface area (Å²) in [5.41, 5.74) is 1.58. The third-order valence-corrected chi connectivity index (χ3v) is 5.84. The summed E-state index contributed by atoms with van der Waals surface area (Å²) in [5.74, 6) is 0.769. The number of carbonyl (C=O) groups is 1. The molecule has 0 unspecified atom stereocenters. The third kappa shape index (κ3) is 4.81. The molecule has 2 amide bonds. The van der Waals surface area contributed by atoms with Crippen LogP contribution in [0.4, 0.5) is 20.7 Å². The molecule has 0 bridgehead atoms. The Labute approximate surface area is 177 Å². The van der Waals surface area contributed by atoms with Gasteiger partial charge in [0.15, 0.2) is 0 Å². The van der Waals surface area contributed by atoms with Crippen LogP contribution >= 0.6 is 0 Å². The number of hydrogen-bond donors (Lipinski definition) is 1. The van der Waals surface area contributed by atoms with Crippen LogP contribution in [0, 0.1) is 5.82 Å². The van der Waals surface area contributed by atoms with E-state index in [-0.39, 0.29) is 11.8 Å². The van der Waals surface area contributed by atoms with Gasteiger partial charge >= 0.3 is 6.03 Å². The van der Waals surface area contributed by atoms with Gasteiger partial charge in [0, 0.05) is 65.1 Å². The Kier molecular flexibility index (Phi) is 6.32. The van der Waals surface area contributed by atoms with Crippen molar-refractivity contribution < 1.29 is 9.18 Å². The van der Waals surface area contributed by atoms with Crippen molar-refractivity contribution in [2.45, 2.75) is 6.54 Å². The van der Waals surface area contributed by atoms with Crippen molar-refractivity contribution in [1.29, 1.82) is 0 Å². The minimum absolute atomic E-state index is 0.0914. The maximum absolute atomic E-state index is 14.0. The molecule has 3 heterocycles. The zero-order valence-electron chi connectivity index (χ0n) is 17.4. The average Bonchev–Trinajstić information content (AvgIpc) is 2.79. The summed E-state index contributed by atoms with van der Waals surface area (Å²) in [7, 11) is 2.14. The number of halogens is 1. The Morgan fingerprint density at radius 2 is 1.67 bits per heavy atom. The van der Waals surface area contributed by atoms with Crippen LogP contribution < -0.4 is 15.1 Å². The number of rotatable bonds is 4. The molecule has 0 aliphatic carbocycles. The smallest absolute Gasteiger partial charge is 0.317 e. The molecule has 2 aromatic rings. The lowest BCUT2D eigenvalue weighted by Crippen LogP contribution is -2.51. The van der Waals surface area contributed by atoms with E-state index < -0.39 is 0 Å². The topological polar surface area (TPSA) is 55.0 Å². The van der Waals surface area contributed by atoms with Crippen LogP contribution in [-0.4, -0.2) is 80.2 Å². The van der Waals surface area contributed by atoms with Crippen LogP contribution in [0.1, 0.15) is 5.56 Å². The minimum Gasteiger partial charge on any atom is -0.366 e. The van der Waals surface area contributed by atoms with Gasteiger partial charge < -0.3 is 24.9 Å². The lowest BCUT2D eigenvalue weighted by Gasteiger charge is -2.36. The van der Waals surface area contributed by atoms with Crippen molar-refractivity contribution in [2.75, 3.05) is 69.2 Å². The second kappa shape index (κ2) is 9.30. The first-order valence-electron chi connectivity index (χ1n) is 10.5. The molecule has 2 fully saturated rings. The summed E-state index contributed by atoms with van der Waals surface area (Å²) in [5, 5.41) is 2.97. The van der Waals surface area contributed by atoms with Crippen molar-refractivity contribution in [3.8, 4) is 0 Å². The third-order valence-electron chi connectivity index (χ3n) is 5.84. The number of carbonyl (C=O) groups excluding carboxylic acids is 1. The van der Waals surface area contributed by atoms with Gasteiger partial charge in [-0.05, 0) is 30.8 Å². The van der Waals surface area contributed by atoms with Gasteiger partial charge in [-0.3, -0.25) is 0 Å². The predicted molar refractivity (Wildman–Crippen MR) is 116 cm³/mol. The molecule has 2 saturated heterocycles. The summed E-state index contributed by atoms with van der Waals surface area (Å²) < 4.78 is 14.0. The number of pyridine rings is 1. The lowest BCUT2D eigenvalue weighted by atomic mass is 10.2. The summed E-state index contributed by atoms with van der Waals surface area (Å²) in [6.45, 7) is 6.89. The van der Waals surface area contributed by atoms with Crippen LogP contribution in [0.15, 0.2) is 42.6 Å². The van der Waals surface area contributed by atoms with Gasteiger partial charge in [0.2, 0.25) is 0 Å². The zero-order valence-corrected chi connectivity index (χ0v) is 17.4. The first kappa shape index (κ1) is 20.4. The number of hydrogen-bond acceptors (Lipinski definition) is 5. The normalized spacial score (nSPS) is 17.9. The first-order valence-corrected chi connectivity index (χ1v) is 10.5. The van der Waals surface area contributed by atoms with Crippen molar-refractivity contribution >= 4 is 17.5 Å². The zero-order chi connectivity index (χ0) is 20.9. The standard InChI is InChI=1S/C22H29FN6O/c1-26-8-10-28(11-9-26)21-7-6-18(16-24-21)17-25-22(30)29-14-12-27(13-15-29)20-5-3-2-4-19(20)23/h2-7,16H,8-15,17H2,1H3,(H,25,30). The SMILES string of the molecule is CN1CCN(c2ccc(CNC(=O)N3CCN(c4ccccc4F)CC3)cn2)CC1. The highest BCUT2D eigenvalue weighted by molar-refractivity contribution is 5.74. The maximum atomic E-state index is 14.0. The molecular weight excluding hydrogens is 383 g/mol. The van der Waals surface area contributed by atoms with Crippen LogP contribution in [0.2, 0.25) is 0 Å². The Bertz CT molecular complexity index is 845. The molecule has 0 spiro atoms. The number of amides is 2. The molecule has 1 N–H and O–H groups in total. The number of benzene rings is 1. The molecule has 4 rings (SSSR count). The Hall–Kier alpha value is -2.87. The molecule has 2 aliphatic rings. The highest BCUT2D eigenvalue weighted by Crippen LogP contribution is 2.20. The summed E-state index contributed by atoms with van der Waals surface area (Å²) >= 11 is 0. The van der Waals surface area contributed by atoms with Crippen molar-refractivity contribution in [2.24, 2.45) is 0 Å². The number of likely N-dealkylation sites (N-methyl/N-ethyl adjacent to an activating group) is 1. The van der Waals surface area contributed by atoms with Crippen molar-refractivity contribution in [3.63, 3.8) is 0 Å². The molecule has 1 aromatic carbocycles. The average molecular weight is 413 g/mol. The van der Waals surface area contributed by atoms with E-state index in [1.54, 1.807) is 17.0 Å². The largest absolute Gasteiger partial charge is 0.366 e. The van der Waals surface area contributed by atoms with Crippen LogP contribution in [0.3, 0.4) is 0 Å². The number of piperazine rings is 2. The number of urea groups is 1. The molecular formula is C22H29FN6O. The first-order chi connectivity index (χ1) is 14.6. The predicted octanol–water partition coefficient (Wildman–Crippen LogP) is 2.00. The molecule has 0 saturated carbocycles. The Morgan fingerprint density at radius 1 is 0.967 bits per heavy atom. The summed E-state index contributed by atoms with van der Waals surface area (Å²) in [6.07, 6.45) is 1.84. The van der Waals surface area contributed by atoms with Gasteiger partial charge in [0.05, 0.1) is 5.69 Å². The van der Waals surface area contributed by atoms with E-state index in [4.69, 9.17) is 0 Å². The number of aromatic nitrogens is 1. The van der Waals surface area contributed by atoms with E-state index in [0.717, 1.165) is 37.6 Å². The summed E-state index contributed by atoms with van der Waals surface area (Å²) in [6, 6.07) is 10.7. The molecule has 2 aliphatic heterocycles. The highest BCUT2D eigenvalue weighted by Gasteiger charge is 2.22. The number of nitrogens with zero attached hydrogens (tertiary/aromatic N) is 5. The maximum Gasteiger partial charge on any atom is 0.317 e. The van der Waals surface area contributed by atoms with E-state index in [9.17, 15) is 9.18 Å². The van der Waals surface area contributed by atoms with E-state index in [1.807, 2.05) is 29.3 Å². The van der Waals surface area contributed by atoms with Gasteiger partial charge in [-0.2, -0.15) is 0 Å². The van der Waals surface area contributed by atoms with Gasteiger partial charge in [-0.25, -0.2) is 14.2 Å². The Balaban J connectivity index is 1.24. The lowest BCUT2D eigenvalue weighted by molar-refractivity contribution is 0.194. The van der Waals surface area contributed by atoms with Gasteiger partial charge in [-0.1, -0.05) is 18.2 Å². The van der Waals surface area contributed by atoms with E-state index in [1.165, 1.54) is 6.07 Å². The van der Waals surface area contributed by atoms with Gasteiger partial charge in [-0.15, -0.1) is 0 Å². The quantitative estimate of drug-likeness (QED) is 0.833. The molecule has 8 heteroatoms. The molecule has 0 atom stereocenters. The number of para-hydroxylation sites is 1. The second-order valence-electron chi connectivity index (χ2n) is 7.90. The molecule has 160 valence electrons. The van der Waals surface area contributed by atoms with E-state index >= 15 is 0 Å². The molecule has 0 radical (unpaired) electrons. The fourth-order valence-corrected chi connectivity index (χ4v) is 3.89. The summed E-state index contributed by atoms with van der Waals surface area (Å²) in [4.78, 5) is 25.5. The van der Waals surface area contributed by atoms with Crippen LogP contribution in [0.5, 0.6) is 0 Å². The number of nitrogens with one attached hydrogen (secondary N) is 1. The van der Waals surface area contributed by atoms with Crippen molar-refractivity contribution in [3.05, 3.63) is 54.0 Å². The fourth-order valence-electron chi connectivity index (χ4n) is 3.89. The van der Waals surface area contributed by atoms with Gasteiger partial charge in [0.1, 0.15) is 11.6 Å². The monoisotopic (exact) mass is 412 g/mol.